The minimum atomic E-state index is -0.756. The van der Waals surface area contributed by atoms with Crippen LogP contribution in [0, 0.1) is 18.6 Å². The van der Waals surface area contributed by atoms with Gasteiger partial charge < -0.3 is 0 Å². The van der Waals surface area contributed by atoms with E-state index in [2.05, 4.69) is 10.1 Å². The van der Waals surface area contributed by atoms with E-state index in [1.54, 1.807) is 0 Å². The molecule has 1 aromatic carbocycles. The Hall–Kier alpha value is -2.11. The number of hydrogen-bond donors (Lipinski definition) is 0. The van der Waals surface area contributed by atoms with Crippen molar-refractivity contribution in [1.82, 2.24) is 14.8 Å². The van der Waals surface area contributed by atoms with Crippen molar-refractivity contribution in [2.24, 2.45) is 0 Å². The van der Waals surface area contributed by atoms with Crippen LogP contribution in [0.15, 0.2) is 18.2 Å². The van der Waals surface area contributed by atoms with Crippen molar-refractivity contribution in [1.29, 1.82) is 0 Å². The molecule has 0 N–H and O–H groups in total. The number of para-hydroxylation sites is 1. The van der Waals surface area contributed by atoms with Gasteiger partial charge in [-0.05, 0) is 19.1 Å². The van der Waals surface area contributed by atoms with Crippen LogP contribution < -0.4 is 0 Å². The van der Waals surface area contributed by atoms with Crippen LogP contribution in [0.2, 0.25) is 0 Å². The van der Waals surface area contributed by atoms with Gasteiger partial charge in [0.25, 0.3) is 0 Å². The molecule has 2 aromatic rings. The zero-order valence-corrected chi connectivity index (χ0v) is 9.24. The number of carbonyl (C=O) groups is 1. The molecule has 0 spiro atoms. The lowest BCUT2D eigenvalue weighted by Gasteiger charge is -2.05. The number of halogens is 2. The summed E-state index contributed by atoms with van der Waals surface area (Å²) in [6.45, 7) is 2.81. The first kappa shape index (κ1) is 11.4. The van der Waals surface area contributed by atoms with Crippen molar-refractivity contribution in [2.75, 3.05) is 0 Å². The van der Waals surface area contributed by atoms with Gasteiger partial charge >= 0.3 is 0 Å². The van der Waals surface area contributed by atoms with Gasteiger partial charge in [0.1, 0.15) is 11.5 Å². The number of aromatic nitrogens is 3. The van der Waals surface area contributed by atoms with E-state index in [9.17, 15) is 13.6 Å². The molecular weight excluding hydrogens is 228 g/mol. The highest BCUT2D eigenvalue weighted by Crippen LogP contribution is 2.18. The Kier molecular flexibility index (Phi) is 2.71. The number of rotatable bonds is 2. The van der Waals surface area contributed by atoms with E-state index < -0.39 is 11.6 Å². The first-order valence-electron chi connectivity index (χ1n) is 4.89. The maximum atomic E-state index is 13.5. The summed E-state index contributed by atoms with van der Waals surface area (Å²) in [4.78, 5) is 14.9. The van der Waals surface area contributed by atoms with Crippen LogP contribution in [0.1, 0.15) is 23.4 Å². The molecule has 1 heterocycles. The summed E-state index contributed by atoms with van der Waals surface area (Å²) in [7, 11) is 0. The van der Waals surface area contributed by atoms with E-state index in [4.69, 9.17) is 0 Å². The number of hydrogen-bond acceptors (Lipinski definition) is 3. The average molecular weight is 237 g/mol. The lowest BCUT2D eigenvalue weighted by atomic mass is 10.3. The highest BCUT2D eigenvalue weighted by Gasteiger charge is 2.17. The third-order valence-corrected chi connectivity index (χ3v) is 2.23. The van der Waals surface area contributed by atoms with E-state index in [1.165, 1.54) is 19.9 Å². The molecule has 88 valence electrons. The van der Waals surface area contributed by atoms with E-state index in [0.29, 0.717) is 0 Å². The molecule has 4 nitrogen and oxygen atoms in total. The molecule has 0 aliphatic carbocycles. The van der Waals surface area contributed by atoms with Gasteiger partial charge in [0.15, 0.2) is 17.4 Å². The zero-order chi connectivity index (χ0) is 12.6. The van der Waals surface area contributed by atoms with Gasteiger partial charge in [0.2, 0.25) is 5.82 Å². The zero-order valence-electron chi connectivity index (χ0n) is 9.24. The average Bonchev–Trinajstić information content (AvgIpc) is 2.61. The smallest absolute Gasteiger partial charge is 0.217 e. The molecule has 2 rings (SSSR count). The van der Waals surface area contributed by atoms with Crippen LogP contribution >= 0.6 is 0 Å². The largest absolute Gasteiger partial charge is 0.291 e. The van der Waals surface area contributed by atoms with Crippen LogP contribution in [0.25, 0.3) is 5.69 Å². The summed E-state index contributed by atoms with van der Waals surface area (Å²) in [5.41, 5.74) is -0.329. The van der Waals surface area contributed by atoms with E-state index in [1.807, 2.05) is 0 Å². The molecule has 0 radical (unpaired) electrons. The summed E-state index contributed by atoms with van der Waals surface area (Å²) < 4.78 is 28.0. The van der Waals surface area contributed by atoms with Crippen molar-refractivity contribution in [3.63, 3.8) is 0 Å². The fraction of sp³-hybridized carbons (Fsp3) is 0.182. The second-order valence-electron chi connectivity index (χ2n) is 3.52. The third-order valence-electron chi connectivity index (χ3n) is 2.23. The quantitative estimate of drug-likeness (QED) is 0.751. The van der Waals surface area contributed by atoms with Crippen LogP contribution in [0.5, 0.6) is 0 Å². The Bertz CT molecular complexity index is 572. The highest BCUT2D eigenvalue weighted by atomic mass is 19.1. The Morgan fingerprint density at radius 1 is 1.29 bits per heavy atom. The van der Waals surface area contributed by atoms with Gasteiger partial charge in [-0.15, -0.1) is 5.10 Å². The molecule has 6 heteroatoms. The Morgan fingerprint density at radius 2 is 1.88 bits per heavy atom. The molecule has 0 fully saturated rings. The van der Waals surface area contributed by atoms with Gasteiger partial charge in [0, 0.05) is 6.92 Å². The molecule has 0 bridgehead atoms. The van der Waals surface area contributed by atoms with Crippen LogP contribution in [-0.2, 0) is 0 Å². The molecule has 0 saturated heterocycles. The summed E-state index contributed by atoms with van der Waals surface area (Å²) in [6.07, 6.45) is 0. The maximum absolute atomic E-state index is 13.5. The predicted molar refractivity (Wildman–Crippen MR) is 56.0 cm³/mol. The van der Waals surface area contributed by atoms with Gasteiger partial charge in [-0.2, -0.15) is 0 Å². The number of carbonyl (C=O) groups excluding carboxylic acids is 1. The molecule has 0 unspecified atom stereocenters. The lowest BCUT2D eigenvalue weighted by Crippen LogP contribution is -2.06. The van der Waals surface area contributed by atoms with Crippen molar-refractivity contribution in [3.8, 4) is 5.69 Å². The number of ketones is 1. The third kappa shape index (κ3) is 1.93. The lowest BCUT2D eigenvalue weighted by molar-refractivity contribution is 0.100. The van der Waals surface area contributed by atoms with Gasteiger partial charge in [-0.25, -0.2) is 18.4 Å². The first-order chi connectivity index (χ1) is 8.00. The van der Waals surface area contributed by atoms with Gasteiger partial charge in [0.05, 0.1) is 0 Å². The molecule has 0 saturated carbocycles. The SMILES string of the molecule is CC(=O)c1nc(C)n(-c2c(F)cccc2F)n1. The molecule has 0 aliphatic rings. The number of Topliss-reactive ketones (excluding diaryl/α,β-unsaturated/α-hetero) is 1. The van der Waals surface area contributed by atoms with Crippen LogP contribution in [-0.4, -0.2) is 20.5 Å². The molecule has 0 atom stereocenters. The fourth-order valence-electron chi connectivity index (χ4n) is 1.44. The van der Waals surface area contributed by atoms with Gasteiger partial charge in [-0.3, -0.25) is 4.79 Å². The first-order valence-corrected chi connectivity index (χ1v) is 4.89. The number of benzene rings is 1. The number of nitrogens with zero attached hydrogens (tertiary/aromatic N) is 3. The minimum Gasteiger partial charge on any atom is -0.291 e. The summed E-state index contributed by atoms with van der Waals surface area (Å²) >= 11 is 0. The molecular formula is C11H9F2N3O. The fourth-order valence-corrected chi connectivity index (χ4v) is 1.44. The molecule has 17 heavy (non-hydrogen) atoms. The second kappa shape index (κ2) is 4.04. The predicted octanol–water partition coefficient (Wildman–Crippen LogP) is 2.06. The van der Waals surface area contributed by atoms with E-state index in [-0.39, 0.29) is 23.1 Å². The maximum Gasteiger partial charge on any atom is 0.217 e. The Labute approximate surface area is 95.9 Å². The Balaban J connectivity index is 2.64. The molecule has 0 amide bonds. The van der Waals surface area contributed by atoms with Crippen LogP contribution in [0.4, 0.5) is 8.78 Å². The highest BCUT2D eigenvalue weighted by molar-refractivity contribution is 5.90. The normalized spacial score (nSPS) is 10.6. The summed E-state index contributed by atoms with van der Waals surface area (Å²) in [6, 6.07) is 3.49. The Morgan fingerprint density at radius 3 is 2.35 bits per heavy atom. The van der Waals surface area contributed by atoms with Crippen LogP contribution in [0.3, 0.4) is 0 Å². The summed E-state index contributed by atoms with van der Waals surface area (Å²) in [5.74, 6) is -1.69. The topological polar surface area (TPSA) is 47.8 Å². The molecule has 0 aliphatic heterocycles. The van der Waals surface area contributed by atoms with Crippen molar-refractivity contribution in [2.45, 2.75) is 13.8 Å². The second-order valence-corrected chi connectivity index (χ2v) is 3.52. The minimum absolute atomic E-state index is 0.0647. The standard InChI is InChI=1S/C11H9F2N3O/c1-6(17)11-14-7(2)16(15-11)10-8(12)4-3-5-9(10)13/h3-5H,1-2H3. The van der Waals surface area contributed by atoms with Gasteiger partial charge in [-0.1, -0.05) is 6.07 Å². The number of aryl methyl sites for hydroxylation is 1. The van der Waals surface area contributed by atoms with Crippen molar-refractivity contribution >= 4 is 5.78 Å². The van der Waals surface area contributed by atoms with E-state index in [0.717, 1.165) is 16.8 Å². The van der Waals surface area contributed by atoms with Crippen molar-refractivity contribution < 1.29 is 13.6 Å². The monoisotopic (exact) mass is 237 g/mol. The van der Waals surface area contributed by atoms with E-state index >= 15 is 0 Å². The summed E-state index contributed by atoms with van der Waals surface area (Å²) in [5, 5.41) is 3.78. The van der Waals surface area contributed by atoms with Crippen molar-refractivity contribution in [3.05, 3.63) is 41.5 Å². The molecule has 1 aromatic heterocycles.